The minimum absolute atomic E-state index is 0.104. The van der Waals surface area contributed by atoms with Crippen molar-refractivity contribution in [2.45, 2.75) is 63.2 Å². The molecule has 0 aliphatic carbocycles. The van der Waals surface area contributed by atoms with E-state index in [1.807, 2.05) is 12.1 Å². The zero-order chi connectivity index (χ0) is 40.7. The number of carbonyl (C=O) groups excluding carboxylic acids is 2. The smallest absolute Gasteiger partial charge is 0.372 e. The number of imide groups is 1. The second-order valence-corrected chi connectivity index (χ2v) is 16.3. The molecule has 1 unspecified atom stereocenters. The van der Waals surface area contributed by atoms with Gasteiger partial charge in [-0.3, -0.25) is 28.9 Å². The Hall–Kier alpha value is -5.20. The number of aryl methyl sites for hydroxylation is 1. The topological polar surface area (TPSA) is 110 Å². The number of hydrogen-bond donors (Lipinski definition) is 1. The molecule has 4 fully saturated rings. The molecule has 15 heteroatoms. The Balaban J connectivity index is 0.798. The van der Waals surface area contributed by atoms with Crippen LogP contribution in [0.25, 0.3) is 11.0 Å². The van der Waals surface area contributed by atoms with E-state index in [0.29, 0.717) is 50.3 Å². The van der Waals surface area contributed by atoms with Gasteiger partial charge in [-0.25, -0.2) is 9.18 Å². The maximum absolute atomic E-state index is 15.0. The van der Waals surface area contributed by atoms with E-state index in [0.717, 1.165) is 75.8 Å². The average Bonchev–Trinajstić information content (AvgIpc) is 3.47. The van der Waals surface area contributed by atoms with Gasteiger partial charge in [0.15, 0.2) is 5.82 Å². The summed E-state index contributed by atoms with van der Waals surface area (Å²) in [5.41, 5.74) is 2.40. The van der Waals surface area contributed by atoms with Crippen molar-refractivity contribution in [2.24, 2.45) is 13.0 Å². The quantitative estimate of drug-likeness (QED) is 0.177. The minimum atomic E-state index is -4.94. The highest BCUT2D eigenvalue weighted by molar-refractivity contribution is 6.00. The second kappa shape index (κ2) is 16.2. The summed E-state index contributed by atoms with van der Waals surface area (Å²) < 4.78 is 58.8. The highest BCUT2D eigenvalue weighted by atomic mass is 19.4. The lowest BCUT2D eigenvalue weighted by Crippen LogP contribution is -2.48. The third-order valence-electron chi connectivity index (χ3n) is 12.8. The molecule has 0 saturated carbocycles. The van der Waals surface area contributed by atoms with Crippen LogP contribution in [0.2, 0.25) is 0 Å². The Morgan fingerprint density at radius 2 is 1.48 bits per heavy atom. The number of piperidine rings is 3. The number of nitrogens with one attached hydrogen (secondary N) is 1. The predicted molar refractivity (Wildman–Crippen MR) is 212 cm³/mol. The van der Waals surface area contributed by atoms with Crippen molar-refractivity contribution in [3.8, 4) is 6.07 Å². The number of anilines is 2. The van der Waals surface area contributed by atoms with Crippen molar-refractivity contribution in [2.75, 3.05) is 68.7 Å². The number of rotatable bonds is 8. The van der Waals surface area contributed by atoms with Gasteiger partial charge in [0, 0.05) is 84.6 Å². The van der Waals surface area contributed by atoms with Gasteiger partial charge < -0.3 is 14.7 Å². The Kier molecular flexibility index (Phi) is 11.1. The number of carbonyl (C=O) groups is 2. The van der Waals surface area contributed by atoms with Crippen LogP contribution in [0.5, 0.6) is 0 Å². The molecule has 1 aromatic heterocycles. The molecular weight excluding hydrogens is 753 g/mol. The maximum atomic E-state index is 15.0. The van der Waals surface area contributed by atoms with Crippen LogP contribution < -0.4 is 20.8 Å². The van der Waals surface area contributed by atoms with Crippen LogP contribution in [-0.2, 0) is 29.4 Å². The number of imidazole rings is 1. The molecule has 4 saturated heterocycles. The highest BCUT2D eigenvalue weighted by Gasteiger charge is 2.39. The molecule has 0 bridgehead atoms. The van der Waals surface area contributed by atoms with Gasteiger partial charge in [0.05, 0.1) is 28.4 Å². The Morgan fingerprint density at radius 1 is 0.810 bits per heavy atom. The molecule has 0 radical (unpaired) electrons. The van der Waals surface area contributed by atoms with Gasteiger partial charge in [-0.1, -0.05) is 24.3 Å². The van der Waals surface area contributed by atoms with E-state index >= 15 is 4.39 Å². The van der Waals surface area contributed by atoms with E-state index in [1.54, 1.807) is 21.1 Å². The van der Waals surface area contributed by atoms with Gasteiger partial charge in [0.25, 0.3) is 0 Å². The number of fused-ring (bicyclic) bond motifs is 1. The molecule has 4 aliphatic rings. The lowest BCUT2D eigenvalue weighted by Gasteiger charge is -2.39. The van der Waals surface area contributed by atoms with Gasteiger partial charge in [-0.05, 0) is 85.4 Å². The molecule has 0 spiro atoms. The van der Waals surface area contributed by atoms with Crippen LogP contribution in [0, 0.1) is 23.1 Å². The van der Waals surface area contributed by atoms with E-state index in [2.05, 4.69) is 50.3 Å². The van der Waals surface area contributed by atoms with Crippen molar-refractivity contribution in [1.29, 1.82) is 5.26 Å². The zero-order valence-corrected chi connectivity index (χ0v) is 32.6. The van der Waals surface area contributed by atoms with Crippen LogP contribution in [0.15, 0.2) is 59.4 Å². The summed E-state index contributed by atoms with van der Waals surface area (Å²) >= 11 is 0. The van der Waals surface area contributed by atoms with Crippen molar-refractivity contribution in [3.63, 3.8) is 0 Å². The zero-order valence-electron chi connectivity index (χ0n) is 32.6. The number of nitriles is 1. The Bertz CT molecular complexity index is 2270. The van der Waals surface area contributed by atoms with E-state index in [4.69, 9.17) is 5.26 Å². The Morgan fingerprint density at radius 3 is 2.14 bits per heavy atom. The van der Waals surface area contributed by atoms with Crippen LogP contribution in [-0.4, -0.2) is 89.7 Å². The first-order valence-corrected chi connectivity index (χ1v) is 20.3. The molecule has 4 aromatic rings. The molecule has 3 aromatic carbocycles. The van der Waals surface area contributed by atoms with Crippen molar-refractivity contribution in [1.82, 2.24) is 24.3 Å². The normalized spacial score (nSPS) is 20.8. The van der Waals surface area contributed by atoms with Crippen LogP contribution in [0.1, 0.15) is 72.7 Å². The number of aromatic nitrogens is 2. The number of halogens is 4. The SMILES string of the molecule is Cn1c(=O)n(C2CCC(=O)NC2=O)c2cccc(CN3CCN(CC4CCN(c5ccc(C6CCN(c7ccc(C#N)c(C(F)(F)F)c7F)CC6)cc5)CC4)CC3)c21. The fourth-order valence-electron chi connectivity index (χ4n) is 9.58. The lowest BCUT2D eigenvalue weighted by molar-refractivity contribution is -0.140. The maximum Gasteiger partial charge on any atom is 0.420 e. The van der Waals surface area contributed by atoms with Gasteiger partial charge >= 0.3 is 11.9 Å². The van der Waals surface area contributed by atoms with Crippen molar-refractivity contribution < 1.29 is 27.2 Å². The summed E-state index contributed by atoms with van der Waals surface area (Å²) in [6.07, 6.45) is -0.816. The molecule has 2 amide bonds. The number of nitrogens with zero attached hydrogens (tertiary/aromatic N) is 7. The largest absolute Gasteiger partial charge is 0.420 e. The van der Waals surface area contributed by atoms with E-state index < -0.39 is 35.1 Å². The minimum Gasteiger partial charge on any atom is -0.372 e. The molecule has 1 atom stereocenters. The monoisotopic (exact) mass is 800 g/mol. The number of piperazine rings is 1. The van der Waals surface area contributed by atoms with E-state index in [9.17, 15) is 27.6 Å². The summed E-state index contributed by atoms with van der Waals surface area (Å²) in [7, 11) is 1.75. The predicted octanol–water partition coefficient (Wildman–Crippen LogP) is 5.77. The fraction of sp³-hybridized carbons (Fsp3) is 0.488. The van der Waals surface area contributed by atoms with Crippen LogP contribution >= 0.6 is 0 Å². The number of hydrogen-bond acceptors (Lipinski definition) is 8. The molecule has 8 rings (SSSR count). The third-order valence-corrected chi connectivity index (χ3v) is 12.8. The fourth-order valence-corrected chi connectivity index (χ4v) is 9.58. The second-order valence-electron chi connectivity index (χ2n) is 16.3. The number of para-hydroxylation sites is 1. The average molecular weight is 801 g/mol. The first kappa shape index (κ1) is 39.6. The van der Waals surface area contributed by atoms with Gasteiger partial charge in [0.2, 0.25) is 11.8 Å². The number of alkyl halides is 3. The van der Waals surface area contributed by atoms with Gasteiger partial charge in [0.1, 0.15) is 11.6 Å². The van der Waals surface area contributed by atoms with E-state index in [1.165, 1.54) is 23.4 Å². The standard InChI is InChI=1S/C43H48F4N8O3/c1-50-40-32(3-2-4-35(40)55(42(50)58)36-11-12-37(56)49-41(36)57)27-52-23-21-51(22-24-52)26-28-13-17-53(18-14-28)33-8-5-29(6-9-33)30-15-19-54(20-16-30)34-10-7-31(25-48)38(39(34)44)43(45,46)47/h2-10,28,30,36H,11-24,26-27H2,1H3,(H,49,56,57). The van der Waals surface area contributed by atoms with Crippen LogP contribution in [0.3, 0.4) is 0 Å². The summed E-state index contributed by atoms with van der Waals surface area (Å²) in [4.78, 5) is 46.8. The first-order valence-electron chi connectivity index (χ1n) is 20.3. The molecular formula is C43H48F4N8O3. The summed E-state index contributed by atoms with van der Waals surface area (Å²) in [5, 5.41) is 11.5. The Labute approximate surface area is 334 Å². The molecule has 4 aliphatic heterocycles. The van der Waals surface area contributed by atoms with Gasteiger partial charge in [-0.2, -0.15) is 18.4 Å². The van der Waals surface area contributed by atoms with Crippen LogP contribution in [0.4, 0.5) is 28.9 Å². The molecule has 5 heterocycles. The highest BCUT2D eigenvalue weighted by Crippen LogP contribution is 2.40. The van der Waals surface area contributed by atoms with E-state index in [-0.39, 0.29) is 29.6 Å². The molecule has 306 valence electrons. The summed E-state index contributed by atoms with van der Waals surface area (Å²) in [6, 6.07) is 17.6. The number of amides is 2. The van der Waals surface area contributed by atoms with Crippen molar-refractivity contribution >= 4 is 34.2 Å². The molecule has 58 heavy (non-hydrogen) atoms. The summed E-state index contributed by atoms with van der Waals surface area (Å²) in [6.45, 7) is 8.41. The number of benzene rings is 3. The summed E-state index contributed by atoms with van der Waals surface area (Å²) in [5.74, 6) is -1.26. The molecule has 11 nitrogen and oxygen atoms in total. The first-order chi connectivity index (χ1) is 27.9. The molecule has 1 N–H and O–H groups in total. The van der Waals surface area contributed by atoms with Gasteiger partial charge in [-0.15, -0.1) is 0 Å². The van der Waals surface area contributed by atoms with Crippen molar-refractivity contribution in [3.05, 3.63) is 93.2 Å². The third kappa shape index (κ3) is 7.84. The lowest BCUT2D eigenvalue weighted by atomic mass is 9.88.